The van der Waals surface area contributed by atoms with E-state index in [0.29, 0.717) is 22.9 Å². The quantitative estimate of drug-likeness (QED) is 0.168. The Morgan fingerprint density at radius 3 is 2.38 bits per heavy atom. The van der Waals surface area contributed by atoms with Crippen LogP contribution in [0.3, 0.4) is 0 Å². The first-order valence-electron chi connectivity index (χ1n) is 18.5. The van der Waals surface area contributed by atoms with Crippen LogP contribution >= 0.6 is 0 Å². The van der Waals surface area contributed by atoms with Gasteiger partial charge in [-0.15, -0.1) is 52.8 Å². The van der Waals surface area contributed by atoms with Crippen molar-refractivity contribution in [3.8, 4) is 11.1 Å². The minimum atomic E-state index is -2.56. The number of para-hydroxylation sites is 1. The Morgan fingerprint density at radius 1 is 0.860 bits per heavy atom. The van der Waals surface area contributed by atoms with Crippen LogP contribution in [-0.4, -0.2) is 38.9 Å². The number of anilines is 5. The Kier molecular flexibility index (Phi) is 8.05. The maximum Gasteiger partial charge on any atom is 4.00 e. The molecule has 0 saturated heterocycles. The number of nitrogens with one attached hydrogen (secondary N) is 1. The molecule has 0 bridgehead atoms. The summed E-state index contributed by atoms with van der Waals surface area (Å²) < 4.78 is 48.4. The van der Waals surface area contributed by atoms with Gasteiger partial charge < -0.3 is 25.0 Å². The normalized spacial score (nSPS) is 14.2. The molecule has 1 N–H and O–H groups in total. The Labute approximate surface area is 315 Å². The minimum absolute atomic E-state index is 0. The third-order valence-corrected chi connectivity index (χ3v) is 8.10. The van der Waals surface area contributed by atoms with Crippen molar-refractivity contribution in [2.45, 2.75) is 27.7 Å². The molecule has 0 fully saturated rings. The van der Waals surface area contributed by atoms with Crippen molar-refractivity contribution in [2.75, 3.05) is 34.0 Å². The van der Waals surface area contributed by atoms with Crippen LogP contribution in [0.15, 0.2) is 91.8 Å². The van der Waals surface area contributed by atoms with Gasteiger partial charge in [0.25, 0.3) is 0 Å². The number of rotatable bonds is 6. The van der Waals surface area contributed by atoms with Crippen molar-refractivity contribution >= 4 is 50.6 Å². The molecule has 252 valence electrons. The van der Waals surface area contributed by atoms with Gasteiger partial charge in [-0.3, -0.25) is 9.97 Å². The molecule has 8 rings (SSSR count). The molecular formula is C39H36N10Pt. The second-order valence-corrected chi connectivity index (χ2v) is 11.6. The summed E-state index contributed by atoms with van der Waals surface area (Å²) in [4.78, 5) is 29.3. The molecule has 7 aromatic rings. The zero-order valence-electron chi connectivity index (χ0n) is 33.7. The molecule has 50 heavy (non-hydrogen) atoms. The number of aromatic nitrogens is 6. The molecule has 4 aromatic heterocycles. The van der Waals surface area contributed by atoms with Gasteiger partial charge in [0.15, 0.2) is 0 Å². The van der Waals surface area contributed by atoms with Crippen molar-refractivity contribution < 1.29 is 29.3 Å². The summed E-state index contributed by atoms with van der Waals surface area (Å²) in [7, 11) is 0. The molecular weight excluding hydrogens is 804 g/mol. The van der Waals surface area contributed by atoms with Gasteiger partial charge in [0.1, 0.15) is 17.5 Å². The molecule has 0 spiro atoms. The Bertz CT molecular complexity index is 2430. The molecule has 0 atom stereocenters. The first kappa shape index (κ1) is 27.5. The maximum atomic E-state index is 8.11. The molecule has 10 nitrogen and oxygen atoms in total. The predicted octanol–water partition coefficient (Wildman–Crippen LogP) is 7.68. The standard InChI is InChI=1S/C28H29N8.C11H7N2.Pt/c1-18-11-19(2)25(20(3)12-18)22-13-23(33-16-34(5)26-21(4)29-7-8-30-26)15-24(14-22)36-17-35(6)27-28(36)32-10-9-31-27;1-2-4-10-8(3-1)9-5-6-12-7-11(9)13-10;/h7-14,16-17,33H,1-6H3;1-7H;/q-3;-1;+4/i5D3,6D3;;. The van der Waals surface area contributed by atoms with Crippen LogP contribution in [0, 0.1) is 47.1 Å². The smallest absolute Gasteiger partial charge is 0.656 e. The largest absolute Gasteiger partial charge is 4.00 e. The number of benzene rings is 3. The average Bonchev–Trinajstić information content (AvgIpc) is 3.71. The van der Waals surface area contributed by atoms with Crippen LogP contribution in [0.25, 0.3) is 32.9 Å². The van der Waals surface area contributed by atoms with E-state index in [1.807, 2.05) is 57.2 Å². The molecule has 0 unspecified atom stereocenters. The number of pyridine rings is 1. The van der Waals surface area contributed by atoms with E-state index < -0.39 is 14.0 Å². The molecule has 0 saturated carbocycles. The van der Waals surface area contributed by atoms with Crippen LogP contribution in [-0.2, 0) is 21.1 Å². The van der Waals surface area contributed by atoms with E-state index in [2.05, 4.69) is 59.5 Å². The third kappa shape index (κ3) is 6.89. The van der Waals surface area contributed by atoms with E-state index in [4.69, 9.17) is 8.22 Å². The van der Waals surface area contributed by atoms with Crippen LogP contribution in [0.5, 0.6) is 0 Å². The van der Waals surface area contributed by atoms with Crippen LogP contribution < -0.4 is 25.0 Å². The Hall–Kier alpha value is -5.34. The summed E-state index contributed by atoms with van der Waals surface area (Å²) in [5.74, 6) is 0.692. The van der Waals surface area contributed by atoms with Gasteiger partial charge in [0.05, 0.1) is 5.69 Å². The Morgan fingerprint density at radius 2 is 1.60 bits per heavy atom. The monoisotopic (exact) mass is 845 g/mol. The fraction of sp³-hybridized carbons (Fsp3) is 0.154. The maximum absolute atomic E-state index is 8.11. The van der Waals surface area contributed by atoms with Crippen molar-refractivity contribution in [1.29, 1.82) is 0 Å². The van der Waals surface area contributed by atoms with Gasteiger partial charge in [-0.2, -0.15) is 6.67 Å². The van der Waals surface area contributed by atoms with Gasteiger partial charge in [-0.25, -0.2) is 15.0 Å². The molecule has 11 heteroatoms. The fourth-order valence-corrected chi connectivity index (χ4v) is 6.07. The molecule has 1 aliphatic rings. The topological polar surface area (TPSA) is 100 Å². The van der Waals surface area contributed by atoms with E-state index in [1.54, 1.807) is 24.2 Å². The average molecular weight is 846 g/mol. The SMILES string of the molecule is [2H]C([2H])([2H])N([CH-]Nc1[c-]c(N2[CH-]N(C([2H])([2H])[2H])c3nccnc32)cc(-c2c(C)cc(C)cc2C)c1)c1nccnc1C.[Pt+4].c1ccc2c(c1)[n-]c1cnccc12. The first-order valence-corrected chi connectivity index (χ1v) is 15.5. The van der Waals surface area contributed by atoms with E-state index in [-0.39, 0.29) is 32.7 Å². The van der Waals surface area contributed by atoms with Crippen LogP contribution in [0.1, 0.15) is 30.6 Å². The summed E-state index contributed by atoms with van der Waals surface area (Å²) in [6.45, 7) is 5.45. The Balaban J connectivity index is 0.000000317. The summed E-state index contributed by atoms with van der Waals surface area (Å²) in [6.07, 6.45) is 9.46. The molecule has 3 aromatic carbocycles. The van der Waals surface area contributed by atoms with Gasteiger partial charge >= 0.3 is 21.1 Å². The number of hydrogen-bond donors (Lipinski definition) is 1. The van der Waals surface area contributed by atoms with Crippen molar-refractivity contribution in [1.82, 2.24) is 29.9 Å². The molecule has 0 radical (unpaired) electrons. The molecule has 0 amide bonds. The minimum Gasteiger partial charge on any atom is -0.656 e. The molecule has 1 aliphatic heterocycles. The molecule has 0 aliphatic carbocycles. The summed E-state index contributed by atoms with van der Waals surface area (Å²) in [5.41, 5.74) is 8.41. The number of aryl methyl sites for hydroxylation is 4. The van der Waals surface area contributed by atoms with Gasteiger partial charge in [0.2, 0.25) is 0 Å². The number of hydrogen-bond acceptors (Lipinski definition) is 9. The van der Waals surface area contributed by atoms with Crippen LogP contribution in [0.2, 0.25) is 0 Å². The fourth-order valence-electron chi connectivity index (χ4n) is 6.07. The van der Waals surface area contributed by atoms with E-state index in [0.717, 1.165) is 48.7 Å². The first-order chi connectivity index (χ1) is 26.2. The number of nitrogens with zero attached hydrogens (tertiary/aromatic N) is 9. The van der Waals surface area contributed by atoms with Crippen molar-refractivity contribution in [3.63, 3.8) is 0 Å². The molecule has 5 heterocycles. The van der Waals surface area contributed by atoms with E-state index in [9.17, 15) is 0 Å². The predicted molar refractivity (Wildman–Crippen MR) is 197 cm³/mol. The van der Waals surface area contributed by atoms with E-state index in [1.165, 1.54) is 48.9 Å². The second kappa shape index (κ2) is 14.6. The zero-order valence-corrected chi connectivity index (χ0v) is 29.9. The summed E-state index contributed by atoms with van der Waals surface area (Å²) in [5, 5.41) is 5.48. The summed E-state index contributed by atoms with van der Waals surface area (Å²) in [6, 6.07) is 21.3. The zero-order chi connectivity index (χ0) is 39.1. The van der Waals surface area contributed by atoms with Crippen molar-refractivity contribution in [3.05, 3.63) is 134 Å². The van der Waals surface area contributed by atoms with E-state index >= 15 is 0 Å². The van der Waals surface area contributed by atoms with Crippen LogP contribution in [0.4, 0.5) is 28.8 Å². The third-order valence-electron chi connectivity index (χ3n) is 8.10. The summed E-state index contributed by atoms with van der Waals surface area (Å²) >= 11 is 0. The van der Waals surface area contributed by atoms with Gasteiger partial charge in [-0.1, -0.05) is 42.0 Å². The van der Waals surface area contributed by atoms with Gasteiger partial charge in [-0.05, 0) is 75.2 Å². The van der Waals surface area contributed by atoms with Gasteiger partial charge in [0, 0.05) is 45.4 Å². The second-order valence-electron chi connectivity index (χ2n) is 11.6. The number of fused-ring (bicyclic) bond motifs is 4. The van der Waals surface area contributed by atoms with Crippen molar-refractivity contribution in [2.24, 2.45) is 0 Å².